The number of benzene rings is 2. The molecule has 0 fully saturated rings. The molecule has 0 spiro atoms. The molecule has 0 aliphatic rings. The van der Waals surface area contributed by atoms with E-state index in [9.17, 15) is 18.4 Å². The molecule has 0 aliphatic heterocycles. The molecule has 0 aromatic heterocycles. The van der Waals surface area contributed by atoms with Crippen LogP contribution in [0, 0.1) is 11.6 Å². The molecule has 26 heavy (non-hydrogen) atoms. The highest BCUT2D eigenvalue weighted by atomic mass is 19.1. The minimum atomic E-state index is -0.863. The van der Waals surface area contributed by atoms with Gasteiger partial charge in [0.05, 0.1) is 25.9 Å². The van der Waals surface area contributed by atoms with Crippen molar-refractivity contribution in [3.05, 3.63) is 54.1 Å². The van der Waals surface area contributed by atoms with E-state index >= 15 is 0 Å². The second-order valence-corrected chi connectivity index (χ2v) is 5.62. The number of likely N-dealkylation sites (N-methyl/N-ethyl adjacent to an activating group) is 1. The first kappa shape index (κ1) is 19.3. The van der Waals surface area contributed by atoms with Gasteiger partial charge in [0.1, 0.15) is 17.4 Å². The highest BCUT2D eigenvalue weighted by molar-refractivity contribution is 5.94. The van der Waals surface area contributed by atoms with E-state index in [1.54, 1.807) is 38.4 Å². The van der Waals surface area contributed by atoms with Gasteiger partial charge in [0.25, 0.3) is 0 Å². The lowest BCUT2D eigenvalue weighted by Gasteiger charge is -2.16. The van der Waals surface area contributed by atoms with Crippen molar-refractivity contribution < 1.29 is 23.1 Å². The molecule has 6 nitrogen and oxygen atoms in total. The maximum atomic E-state index is 13.5. The van der Waals surface area contributed by atoms with Crippen LogP contribution in [0.25, 0.3) is 0 Å². The topological polar surface area (TPSA) is 70.7 Å². The number of nitrogens with one attached hydrogen (secondary N) is 2. The van der Waals surface area contributed by atoms with Crippen molar-refractivity contribution in [2.24, 2.45) is 0 Å². The fourth-order valence-electron chi connectivity index (χ4n) is 2.20. The minimum absolute atomic E-state index is 0.0364. The van der Waals surface area contributed by atoms with E-state index in [1.165, 1.54) is 4.90 Å². The normalized spacial score (nSPS) is 10.5. The summed E-state index contributed by atoms with van der Waals surface area (Å²) in [5.74, 6) is -1.75. The lowest BCUT2D eigenvalue weighted by Crippen LogP contribution is -2.36. The number of carbonyl (C=O) groups excluding carboxylic acids is 2. The Morgan fingerprint density at radius 3 is 2.19 bits per heavy atom. The van der Waals surface area contributed by atoms with Gasteiger partial charge in [-0.15, -0.1) is 0 Å². The molecular formula is C18H19F2N3O3. The summed E-state index contributed by atoms with van der Waals surface area (Å²) in [6, 6.07) is 9.68. The van der Waals surface area contributed by atoms with Crippen molar-refractivity contribution in [1.82, 2.24) is 4.90 Å². The van der Waals surface area contributed by atoms with Gasteiger partial charge < -0.3 is 15.4 Å². The number of carbonyl (C=O) groups is 2. The van der Waals surface area contributed by atoms with Gasteiger partial charge in [-0.3, -0.25) is 14.5 Å². The average molecular weight is 363 g/mol. The maximum absolute atomic E-state index is 13.5. The van der Waals surface area contributed by atoms with Crippen molar-refractivity contribution >= 4 is 23.2 Å². The second kappa shape index (κ2) is 8.91. The average Bonchev–Trinajstić information content (AvgIpc) is 2.57. The second-order valence-electron chi connectivity index (χ2n) is 5.62. The van der Waals surface area contributed by atoms with E-state index in [4.69, 9.17) is 4.74 Å². The van der Waals surface area contributed by atoms with E-state index in [0.29, 0.717) is 17.5 Å². The zero-order valence-electron chi connectivity index (χ0n) is 14.4. The number of hydrogen-bond acceptors (Lipinski definition) is 4. The predicted molar refractivity (Wildman–Crippen MR) is 94.1 cm³/mol. The van der Waals surface area contributed by atoms with Crippen LogP contribution in [-0.4, -0.2) is 44.0 Å². The van der Waals surface area contributed by atoms with Gasteiger partial charge in [-0.2, -0.15) is 0 Å². The summed E-state index contributed by atoms with van der Waals surface area (Å²) in [6.45, 7) is -0.168. The molecule has 0 aliphatic carbocycles. The smallest absolute Gasteiger partial charge is 0.238 e. The minimum Gasteiger partial charge on any atom is -0.497 e. The van der Waals surface area contributed by atoms with Crippen LogP contribution in [0.1, 0.15) is 0 Å². The molecule has 2 aromatic rings. The van der Waals surface area contributed by atoms with Gasteiger partial charge in [0.15, 0.2) is 0 Å². The number of anilines is 2. The van der Waals surface area contributed by atoms with Gasteiger partial charge in [-0.05, 0) is 43.4 Å². The van der Waals surface area contributed by atoms with E-state index in [1.807, 2.05) is 0 Å². The summed E-state index contributed by atoms with van der Waals surface area (Å²) < 4.78 is 31.4. The molecule has 0 heterocycles. The van der Waals surface area contributed by atoms with Gasteiger partial charge in [0.2, 0.25) is 11.8 Å². The number of rotatable bonds is 7. The molecule has 0 bridgehead atoms. The number of ether oxygens (including phenoxy) is 1. The molecule has 138 valence electrons. The zero-order valence-corrected chi connectivity index (χ0v) is 14.4. The number of halogens is 2. The summed E-state index contributed by atoms with van der Waals surface area (Å²) >= 11 is 0. The Morgan fingerprint density at radius 2 is 1.62 bits per heavy atom. The maximum Gasteiger partial charge on any atom is 0.238 e. The van der Waals surface area contributed by atoms with Crippen LogP contribution in [0.4, 0.5) is 20.2 Å². The largest absolute Gasteiger partial charge is 0.497 e. The lowest BCUT2D eigenvalue weighted by molar-refractivity contribution is -0.119. The lowest BCUT2D eigenvalue weighted by atomic mass is 10.3. The van der Waals surface area contributed by atoms with Crippen molar-refractivity contribution in [2.75, 3.05) is 37.9 Å². The molecule has 8 heteroatoms. The first-order chi connectivity index (χ1) is 12.4. The predicted octanol–water partition coefficient (Wildman–Crippen LogP) is 2.48. The molecule has 2 aromatic carbocycles. The quantitative estimate of drug-likeness (QED) is 0.793. The fraction of sp³-hybridized carbons (Fsp3) is 0.222. The number of nitrogens with zero attached hydrogens (tertiary/aromatic N) is 1. The van der Waals surface area contributed by atoms with Crippen molar-refractivity contribution in [3.63, 3.8) is 0 Å². The highest BCUT2D eigenvalue weighted by Crippen LogP contribution is 2.15. The number of amides is 2. The Labute approximate surface area is 149 Å². The summed E-state index contributed by atoms with van der Waals surface area (Å²) in [6.07, 6.45) is 0. The third kappa shape index (κ3) is 5.82. The summed E-state index contributed by atoms with van der Waals surface area (Å²) in [4.78, 5) is 25.4. The number of hydrogen-bond donors (Lipinski definition) is 2. The molecule has 2 rings (SSSR count). The van der Waals surface area contributed by atoms with Crippen LogP contribution in [0.15, 0.2) is 42.5 Å². The summed E-state index contributed by atoms with van der Waals surface area (Å²) in [7, 11) is 3.12. The Balaban J connectivity index is 1.81. The SMILES string of the molecule is COc1ccc(NC(=O)CN(C)CC(=O)Nc2ccc(F)cc2F)cc1. The molecule has 0 unspecified atom stereocenters. The standard InChI is InChI=1S/C18H19F2N3O3/c1-23(10-17(24)21-13-4-6-14(26-2)7-5-13)11-18(25)22-16-8-3-12(19)9-15(16)20/h3-9H,10-11H2,1-2H3,(H,21,24)(H,22,25). The van der Waals surface area contributed by atoms with Crippen LogP contribution in [-0.2, 0) is 9.59 Å². The fourth-order valence-corrected chi connectivity index (χ4v) is 2.20. The summed E-state index contributed by atoms with van der Waals surface area (Å²) in [5, 5.41) is 5.03. The van der Waals surface area contributed by atoms with Gasteiger partial charge in [-0.25, -0.2) is 8.78 Å². The summed E-state index contributed by atoms with van der Waals surface area (Å²) in [5.41, 5.74) is 0.481. The van der Waals surface area contributed by atoms with E-state index < -0.39 is 17.5 Å². The van der Waals surface area contributed by atoms with Crippen molar-refractivity contribution in [1.29, 1.82) is 0 Å². The van der Waals surface area contributed by atoms with Crippen LogP contribution in [0.2, 0.25) is 0 Å². The monoisotopic (exact) mass is 363 g/mol. The molecule has 2 amide bonds. The van der Waals surface area contributed by atoms with Crippen molar-refractivity contribution in [2.45, 2.75) is 0 Å². The molecule has 0 atom stereocenters. The third-order valence-electron chi connectivity index (χ3n) is 3.41. The number of methoxy groups -OCH3 is 1. The van der Waals surface area contributed by atoms with Crippen LogP contribution in [0.3, 0.4) is 0 Å². The van der Waals surface area contributed by atoms with Gasteiger partial charge in [-0.1, -0.05) is 0 Å². The van der Waals surface area contributed by atoms with Crippen LogP contribution >= 0.6 is 0 Å². The van der Waals surface area contributed by atoms with E-state index in [0.717, 1.165) is 12.1 Å². The third-order valence-corrected chi connectivity index (χ3v) is 3.41. The zero-order chi connectivity index (χ0) is 19.1. The highest BCUT2D eigenvalue weighted by Gasteiger charge is 2.13. The molecular weight excluding hydrogens is 344 g/mol. The first-order valence-electron chi connectivity index (χ1n) is 7.74. The van der Waals surface area contributed by atoms with E-state index in [-0.39, 0.29) is 24.7 Å². The van der Waals surface area contributed by atoms with E-state index in [2.05, 4.69) is 10.6 Å². The molecule has 0 radical (unpaired) electrons. The Morgan fingerprint density at radius 1 is 1.00 bits per heavy atom. The Hall–Kier alpha value is -3.00. The molecule has 2 N–H and O–H groups in total. The van der Waals surface area contributed by atoms with Gasteiger partial charge in [0, 0.05) is 11.8 Å². The van der Waals surface area contributed by atoms with Crippen molar-refractivity contribution in [3.8, 4) is 5.75 Å². The first-order valence-corrected chi connectivity index (χ1v) is 7.74. The Bertz CT molecular complexity index is 782. The van der Waals surface area contributed by atoms with Crippen LogP contribution < -0.4 is 15.4 Å². The molecule has 0 saturated carbocycles. The van der Waals surface area contributed by atoms with Crippen LogP contribution in [0.5, 0.6) is 5.75 Å². The molecule has 0 saturated heterocycles. The Kier molecular flexibility index (Phi) is 6.62. The van der Waals surface area contributed by atoms with Gasteiger partial charge >= 0.3 is 0 Å².